The Morgan fingerprint density at radius 1 is 1.19 bits per heavy atom. The van der Waals surface area contributed by atoms with Gasteiger partial charge in [0, 0.05) is 17.6 Å². The molecule has 0 aliphatic carbocycles. The number of hydrogen-bond donors (Lipinski definition) is 1. The number of likely N-dealkylation sites (tertiary alicyclic amines) is 1. The number of carbonyl (C=O) groups is 2. The number of benzene rings is 2. The Kier molecular flexibility index (Phi) is 7.11. The van der Waals surface area contributed by atoms with Crippen LogP contribution in [0.1, 0.15) is 24.4 Å². The molecular formula is C24H26N4O3S. The highest BCUT2D eigenvalue weighted by Gasteiger charge is 2.30. The molecule has 1 unspecified atom stereocenters. The van der Waals surface area contributed by atoms with Gasteiger partial charge in [-0.1, -0.05) is 30.3 Å². The molecule has 0 bridgehead atoms. The van der Waals surface area contributed by atoms with Crippen LogP contribution in [-0.4, -0.2) is 45.9 Å². The summed E-state index contributed by atoms with van der Waals surface area (Å²) in [5.74, 6) is 1.00. The Bertz CT molecular complexity index is 1070. The van der Waals surface area contributed by atoms with Crippen molar-refractivity contribution in [1.82, 2.24) is 14.7 Å². The fourth-order valence-electron chi connectivity index (χ4n) is 3.87. The van der Waals surface area contributed by atoms with E-state index < -0.39 is 0 Å². The first-order valence-electron chi connectivity index (χ1n) is 10.6. The number of methoxy groups -OCH3 is 1. The molecule has 1 atom stereocenters. The molecule has 1 aromatic heterocycles. The number of thioether (sulfide) groups is 1. The van der Waals surface area contributed by atoms with E-state index in [9.17, 15) is 9.59 Å². The molecule has 32 heavy (non-hydrogen) atoms. The quantitative estimate of drug-likeness (QED) is 0.525. The highest BCUT2D eigenvalue weighted by Crippen LogP contribution is 2.33. The van der Waals surface area contributed by atoms with E-state index in [1.165, 1.54) is 11.8 Å². The van der Waals surface area contributed by atoms with Crippen molar-refractivity contribution in [3.63, 3.8) is 0 Å². The molecule has 2 amide bonds. The molecule has 2 heterocycles. The molecule has 1 saturated heterocycles. The van der Waals surface area contributed by atoms with Crippen LogP contribution in [0.15, 0.2) is 71.9 Å². The zero-order valence-corrected chi connectivity index (χ0v) is 18.8. The Morgan fingerprint density at radius 2 is 2.03 bits per heavy atom. The van der Waals surface area contributed by atoms with Crippen LogP contribution in [0.3, 0.4) is 0 Å². The van der Waals surface area contributed by atoms with Gasteiger partial charge in [-0.2, -0.15) is 5.10 Å². The lowest BCUT2D eigenvalue weighted by atomic mass is 10.0. The average Bonchev–Trinajstić information content (AvgIpc) is 3.48. The number of anilines is 1. The zero-order chi connectivity index (χ0) is 22.3. The highest BCUT2D eigenvalue weighted by molar-refractivity contribution is 8.00. The van der Waals surface area contributed by atoms with Gasteiger partial charge < -0.3 is 15.0 Å². The number of ether oxygens (including phenoxy) is 1. The van der Waals surface area contributed by atoms with E-state index in [0.29, 0.717) is 11.4 Å². The zero-order valence-electron chi connectivity index (χ0n) is 17.9. The van der Waals surface area contributed by atoms with Crippen molar-refractivity contribution in [1.29, 1.82) is 0 Å². The smallest absolute Gasteiger partial charge is 0.244 e. The molecule has 1 aliphatic rings. The van der Waals surface area contributed by atoms with Crippen molar-refractivity contribution < 1.29 is 14.3 Å². The summed E-state index contributed by atoms with van der Waals surface area (Å²) in [5.41, 5.74) is 1.67. The number of nitrogens with one attached hydrogen (secondary N) is 1. The van der Waals surface area contributed by atoms with Gasteiger partial charge in [0.1, 0.15) is 12.3 Å². The Hall–Kier alpha value is -3.26. The van der Waals surface area contributed by atoms with Crippen LogP contribution >= 0.6 is 11.8 Å². The van der Waals surface area contributed by atoms with Gasteiger partial charge in [-0.3, -0.25) is 14.3 Å². The minimum atomic E-state index is -0.109. The summed E-state index contributed by atoms with van der Waals surface area (Å²) >= 11 is 1.47. The van der Waals surface area contributed by atoms with E-state index in [1.807, 2.05) is 59.5 Å². The number of rotatable bonds is 8. The largest absolute Gasteiger partial charge is 0.497 e. The van der Waals surface area contributed by atoms with Crippen molar-refractivity contribution in [2.45, 2.75) is 30.3 Å². The molecule has 0 saturated carbocycles. The van der Waals surface area contributed by atoms with Gasteiger partial charge in [0.25, 0.3) is 0 Å². The molecule has 0 radical (unpaired) electrons. The molecule has 4 rings (SSSR count). The first kappa shape index (κ1) is 22.0. The molecule has 1 N–H and O–H groups in total. The van der Waals surface area contributed by atoms with Crippen LogP contribution in [-0.2, 0) is 16.1 Å². The van der Waals surface area contributed by atoms with E-state index in [-0.39, 0.29) is 24.4 Å². The van der Waals surface area contributed by atoms with Crippen molar-refractivity contribution in [3.05, 3.63) is 72.6 Å². The maximum absolute atomic E-state index is 13.0. The number of carbonyl (C=O) groups excluding carboxylic acids is 2. The molecule has 0 spiro atoms. The lowest BCUT2D eigenvalue weighted by Crippen LogP contribution is -2.33. The molecule has 2 aromatic carbocycles. The van der Waals surface area contributed by atoms with E-state index in [1.54, 1.807) is 24.2 Å². The SMILES string of the molecule is COc1cccc(C2CCCN2C(=O)Cn2cc(NC(=O)CSc3ccccc3)cn2)c1. The minimum absolute atomic E-state index is 0.0101. The van der Waals surface area contributed by atoms with Gasteiger partial charge in [-0.15, -0.1) is 11.8 Å². The normalized spacial score (nSPS) is 15.5. The van der Waals surface area contributed by atoms with Crippen LogP contribution in [0, 0.1) is 0 Å². The Morgan fingerprint density at radius 3 is 2.84 bits per heavy atom. The predicted molar refractivity (Wildman–Crippen MR) is 125 cm³/mol. The van der Waals surface area contributed by atoms with E-state index in [0.717, 1.165) is 35.6 Å². The highest BCUT2D eigenvalue weighted by atomic mass is 32.2. The van der Waals surface area contributed by atoms with Gasteiger partial charge in [0.05, 0.1) is 30.8 Å². The number of hydrogen-bond acceptors (Lipinski definition) is 5. The summed E-state index contributed by atoms with van der Waals surface area (Å²) < 4.78 is 6.90. The van der Waals surface area contributed by atoms with Gasteiger partial charge >= 0.3 is 0 Å². The van der Waals surface area contributed by atoms with Crippen LogP contribution < -0.4 is 10.1 Å². The third-order valence-corrected chi connectivity index (χ3v) is 6.39. The maximum Gasteiger partial charge on any atom is 0.244 e. The van der Waals surface area contributed by atoms with E-state index in [2.05, 4.69) is 10.4 Å². The molecule has 1 fully saturated rings. The second-order valence-corrected chi connectivity index (χ2v) is 8.65. The lowest BCUT2D eigenvalue weighted by molar-refractivity contribution is -0.133. The van der Waals surface area contributed by atoms with E-state index in [4.69, 9.17) is 4.74 Å². The predicted octanol–water partition coefficient (Wildman–Crippen LogP) is 3.99. The topological polar surface area (TPSA) is 76.5 Å². The summed E-state index contributed by atoms with van der Waals surface area (Å²) in [6.07, 6.45) is 5.16. The van der Waals surface area contributed by atoms with Gasteiger partial charge in [0.2, 0.25) is 11.8 Å². The van der Waals surface area contributed by atoms with Gasteiger partial charge in [0.15, 0.2) is 0 Å². The van der Waals surface area contributed by atoms with Crippen molar-refractivity contribution in [2.75, 3.05) is 24.7 Å². The van der Waals surface area contributed by atoms with Crippen LogP contribution in [0.2, 0.25) is 0 Å². The fraction of sp³-hybridized carbons (Fsp3) is 0.292. The summed E-state index contributed by atoms with van der Waals surface area (Å²) in [6, 6.07) is 17.7. The number of nitrogens with zero attached hydrogens (tertiary/aromatic N) is 3. The molecular weight excluding hydrogens is 424 g/mol. The van der Waals surface area contributed by atoms with Crippen molar-refractivity contribution >= 4 is 29.3 Å². The summed E-state index contributed by atoms with van der Waals surface area (Å²) in [5, 5.41) is 7.09. The van der Waals surface area contributed by atoms with Gasteiger partial charge in [-0.05, 0) is 42.7 Å². The second kappa shape index (κ2) is 10.4. The standard InChI is InChI=1S/C24H26N4O3S/c1-31-20-8-5-7-18(13-20)22-11-6-12-28(22)24(30)16-27-15-19(14-25-27)26-23(29)17-32-21-9-3-2-4-10-21/h2-5,7-10,13-15,22H,6,11-12,16-17H2,1H3,(H,26,29). The van der Waals surface area contributed by atoms with Crippen LogP contribution in [0.25, 0.3) is 0 Å². The van der Waals surface area contributed by atoms with Crippen molar-refractivity contribution in [3.8, 4) is 5.75 Å². The molecule has 166 valence electrons. The molecule has 8 heteroatoms. The second-order valence-electron chi connectivity index (χ2n) is 7.60. The molecule has 1 aliphatic heterocycles. The first-order valence-corrected chi connectivity index (χ1v) is 11.5. The summed E-state index contributed by atoms with van der Waals surface area (Å²) in [4.78, 5) is 28.2. The first-order chi connectivity index (χ1) is 15.6. The Balaban J connectivity index is 1.32. The number of amides is 2. The third-order valence-electron chi connectivity index (χ3n) is 5.38. The number of aromatic nitrogens is 2. The average molecular weight is 451 g/mol. The van der Waals surface area contributed by atoms with Crippen LogP contribution in [0.5, 0.6) is 5.75 Å². The molecule has 7 nitrogen and oxygen atoms in total. The van der Waals surface area contributed by atoms with E-state index >= 15 is 0 Å². The fourth-order valence-corrected chi connectivity index (χ4v) is 4.59. The van der Waals surface area contributed by atoms with Crippen LogP contribution in [0.4, 0.5) is 5.69 Å². The maximum atomic E-state index is 13.0. The summed E-state index contributed by atoms with van der Waals surface area (Å²) in [7, 11) is 1.64. The van der Waals surface area contributed by atoms with Crippen molar-refractivity contribution in [2.24, 2.45) is 0 Å². The Labute approximate surface area is 191 Å². The third kappa shape index (κ3) is 5.50. The monoisotopic (exact) mass is 450 g/mol. The lowest BCUT2D eigenvalue weighted by Gasteiger charge is -2.25. The van der Waals surface area contributed by atoms with Gasteiger partial charge in [-0.25, -0.2) is 0 Å². The molecule has 3 aromatic rings. The minimum Gasteiger partial charge on any atom is -0.497 e. The summed E-state index contributed by atoms with van der Waals surface area (Å²) in [6.45, 7) is 0.859.